The Morgan fingerprint density at radius 3 is 2.23 bits per heavy atom. The number of hydrogen-bond acceptors (Lipinski definition) is 1. The summed E-state index contributed by atoms with van der Waals surface area (Å²) in [5.41, 5.74) is -4.70. The number of nitrogens with zero attached hydrogens (tertiary/aromatic N) is 1. The molecule has 1 aliphatic rings. The monoisotopic (exact) mass is 599 g/mol. The molecule has 1 nitrogen and oxygen atoms in total. The van der Waals surface area contributed by atoms with Gasteiger partial charge in [-0.25, -0.2) is 0 Å². The largest absolute Gasteiger partial charge is 0.409 e. The van der Waals surface area contributed by atoms with Crippen molar-refractivity contribution in [3.63, 3.8) is 0 Å². The van der Waals surface area contributed by atoms with Crippen LogP contribution in [0.1, 0.15) is 23.6 Å². The molecule has 0 fully saturated rings. The van der Waals surface area contributed by atoms with Gasteiger partial charge in [0, 0.05) is 26.3 Å². The van der Waals surface area contributed by atoms with Gasteiger partial charge in [0.1, 0.15) is 0 Å². The molecule has 0 saturated heterocycles. The number of aromatic nitrogens is 1. The molecule has 0 N–H and O–H groups in total. The van der Waals surface area contributed by atoms with E-state index in [2.05, 4.69) is 11.1 Å². The molecule has 8 heteroatoms. The summed E-state index contributed by atoms with van der Waals surface area (Å²) in [7, 11) is 0. The van der Waals surface area contributed by atoms with Gasteiger partial charge >= 0.3 is 12.4 Å². The van der Waals surface area contributed by atoms with E-state index >= 15 is 0 Å². The minimum Gasteiger partial charge on any atom is -0.305 e. The number of fused-ring (bicyclic) bond motifs is 3. The Morgan fingerprint density at radius 1 is 0.933 bits per heavy atom. The second-order valence-corrected chi connectivity index (χ2v) is 6.84. The topological polar surface area (TPSA) is 12.9 Å². The maximum absolute atomic E-state index is 14.2. The molecular weight excluding hydrogens is 584 g/mol. The maximum Gasteiger partial charge on any atom is 0.409 e. The van der Waals surface area contributed by atoms with Crippen LogP contribution in [0.4, 0.5) is 26.3 Å². The van der Waals surface area contributed by atoms with Gasteiger partial charge in [0.15, 0.2) is 5.41 Å². The minimum absolute atomic E-state index is 0. The second kappa shape index (κ2) is 7.50. The zero-order valence-corrected chi connectivity index (χ0v) is 17.8. The Hall–Kier alpha value is -2.18. The Labute approximate surface area is 182 Å². The van der Waals surface area contributed by atoms with Gasteiger partial charge in [-0.2, -0.15) is 26.3 Å². The first-order valence-electron chi connectivity index (χ1n) is 8.86. The zero-order valence-electron chi connectivity index (χ0n) is 15.5. The molecule has 30 heavy (non-hydrogen) atoms. The van der Waals surface area contributed by atoms with E-state index in [-0.39, 0.29) is 42.5 Å². The zero-order chi connectivity index (χ0) is 21.0. The molecule has 159 valence electrons. The van der Waals surface area contributed by atoms with Crippen molar-refractivity contribution in [1.29, 1.82) is 0 Å². The number of pyridine rings is 1. The first-order chi connectivity index (χ1) is 13.6. The molecule has 1 aromatic heterocycles. The van der Waals surface area contributed by atoms with Crippen LogP contribution in [0.15, 0.2) is 54.7 Å². The Balaban J connectivity index is 0.00000256. The summed E-state index contributed by atoms with van der Waals surface area (Å²) < 4.78 is 85.1. The minimum atomic E-state index is -5.58. The van der Waals surface area contributed by atoms with E-state index in [0.717, 1.165) is 23.8 Å². The Morgan fingerprint density at radius 2 is 1.60 bits per heavy atom. The molecule has 1 aliphatic carbocycles. The van der Waals surface area contributed by atoms with E-state index in [0.29, 0.717) is 6.42 Å². The third-order valence-corrected chi connectivity index (χ3v) is 5.34. The summed E-state index contributed by atoms with van der Waals surface area (Å²) in [5.74, 6) is 0. The van der Waals surface area contributed by atoms with Crippen LogP contribution < -0.4 is 0 Å². The predicted octanol–water partition coefficient (Wildman–Crippen LogP) is 6.50. The van der Waals surface area contributed by atoms with Gasteiger partial charge in [-0.05, 0) is 23.7 Å². The van der Waals surface area contributed by atoms with Crippen molar-refractivity contribution >= 4 is 0 Å². The van der Waals surface area contributed by atoms with Crippen molar-refractivity contribution in [2.24, 2.45) is 0 Å². The fraction of sp³-hybridized carbons (Fsp3) is 0.227. The predicted molar refractivity (Wildman–Crippen MR) is 96.2 cm³/mol. The van der Waals surface area contributed by atoms with Crippen molar-refractivity contribution in [2.75, 3.05) is 0 Å². The molecule has 2 aromatic carbocycles. The van der Waals surface area contributed by atoms with Gasteiger partial charge in [0.2, 0.25) is 0 Å². The standard InChI is InChI=1S/C22H14F6N.Ir/c1-2-13-10-11-29-18(12-13)15-7-5-9-17-19(15)14-6-3-4-8-16(14)20(17,21(23,24)25)22(26,27)28;/h3-6,8-12H,2H2,1H3;/q-1;. The molecule has 0 unspecified atom stereocenters. The third kappa shape index (κ3) is 3.00. The number of rotatable bonds is 2. The molecule has 0 atom stereocenters. The summed E-state index contributed by atoms with van der Waals surface area (Å²) in [5, 5.41) is 0. The van der Waals surface area contributed by atoms with E-state index in [4.69, 9.17) is 0 Å². The van der Waals surface area contributed by atoms with E-state index in [1.165, 1.54) is 24.4 Å². The number of alkyl halides is 6. The van der Waals surface area contributed by atoms with E-state index in [1.54, 1.807) is 12.1 Å². The van der Waals surface area contributed by atoms with Gasteiger partial charge in [-0.3, -0.25) is 0 Å². The molecule has 1 heterocycles. The first-order valence-corrected chi connectivity index (χ1v) is 8.86. The van der Waals surface area contributed by atoms with Gasteiger partial charge in [-0.1, -0.05) is 59.5 Å². The van der Waals surface area contributed by atoms with Crippen LogP contribution in [0.25, 0.3) is 22.4 Å². The normalized spacial score (nSPS) is 14.6. The van der Waals surface area contributed by atoms with Crippen molar-refractivity contribution in [3.05, 3.63) is 77.5 Å². The molecule has 0 saturated carbocycles. The fourth-order valence-electron chi connectivity index (χ4n) is 4.07. The second-order valence-electron chi connectivity index (χ2n) is 6.84. The smallest absolute Gasteiger partial charge is 0.305 e. The fourth-order valence-corrected chi connectivity index (χ4v) is 4.07. The van der Waals surface area contributed by atoms with E-state index < -0.39 is 28.9 Å². The van der Waals surface area contributed by atoms with Crippen LogP contribution >= 0.6 is 0 Å². The number of aryl methyl sites for hydroxylation is 1. The third-order valence-electron chi connectivity index (χ3n) is 5.34. The molecule has 4 rings (SSSR count). The SMILES string of the molecule is CCc1ccnc(-c2[c-]ccc3c2-c2ccccc2C3(C(F)(F)F)C(F)(F)F)c1.[Ir]. The van der Waals surface area contributed by atoms with Gasteiger partial charge in [0.25, 0.3) is 0 Å². The van der Waals surface area contributed by atoms with E-state index in [9.17, 15) is 26.3 Å². The Bertz CT molecular complexity index is 1070. The summed E-state index contributed by atoms with van der Waals surface area (Å²) in [6.07, 6.45) is -9.02. The number of hydrogen-bond donors (Lipinski definition) is 0. The van der Waals surface area contributed by atoms with Crippen LogP contribution in [-0.4, -0.2) is 17.3 Å². The summed E-state index contributed by atoms with van der Waals surface area (Å²) >= 11 is 0. The molecule has 0 aliphatic heterocycles. The Kier molecular flexibility index (Phi) is 5.63. The summed E-state index contributed by atoms with van der Waals surface area (Å²) in [6.45, 7) is 1.89. The van der Waals surface area contributed by atoms with E-state index in [1.807, 2.05) is 6.92 Å². The van der Waals surface area contributed by atoms with Gasteiger partial charge < -0.3 is 4.98 Å². The van der Waals surface area contributed by atoms with Crippen LogP contribution in [0.2, 0.25) is 0 Å². The average molecular weight is 599 g/mol. The van der Waals surface area contributed by atoms with Gasteiger partial charge in [0.05, 0.1) is 0 Å². The summed E-state index contributed by atoms with van der Waals surface area (Å²) in [4.78, 5) is 4.19. The van der Waals surface area contributed by atoms with Crippen LogP contribution in [-0.2, 0) is 31.9 Å². The maximum atomic E-state index is 14.2. The number of benzene rings is 2. The van der Waals surface area contributed by atoms with Crippen molar-refractivity contribution in [3.8, 4) is 22.4 Å². The number of halogens is 6. The molecule has 0 bridgehead atoms. The van der Waals surface area contributed by atoms with Crippen molar-refractivity contribution < 1.29 is 46.4 Å². The molecule has 1 radical (unpaired) electrons. The van der Waals surface area contributed by atoms with Crippen LogP contribution in [0, 0.1) is 6.07 Å². The quantitative estimate of drug-likeness (QED) is 0.243. The molecule has 0 amide bonds. The van der Waals surface area contributed by atoms with Crippen LogP contribution in [0.5, 0.6) is 0 Å². The van der Waals surface area contributed by atoms with Gasteiger partial charge in [-0.15, -0.1) is 23.8 Å². The molecule has 0 spiro atoms. The average Bonchev–Trinajstić information content (AvgIpc) is 2.99. The molecule has 3 aromatic rings. The van der Waals surface area contributed by atoms with Crippen molar-refractivity contribution in [2.45, 2.75) is 31.1 Å². The first kappa shape index (κ1) is 22.5. The van der Waals surface area contributed by atoms with Crippen LogP contribution in [0.3, 0.4) is 0 Å². The molecular formula is C22H14F6IrN-. The van der Waals surface area contributed by atoms with Crippen molar-refractivity contribution in [1.82, 2.24) is 4.98 Å². The summed E-state index contributed by atoms with van der Waals surface area (Å²) in [6, 6.07) is 13.0.